The molecular weight excluding hydrogens is 252 g/mol. The molecular formula is C16H26N2O2. The minimum absolute atomic E-state index is 0.422. The highest BCUT2D eigenvalue weighted by Crippen LogP contribution is 2.22. The van der Waals surface area contributed by atoms with Gasteiger partial charge in [0.05, 0.1) is 0 Å². The van der Waals surface area contributed by atoms with E-state index in [1.807, 2.05) is 26.0 Å². The molecule has 0 saturated carbocycles. The molecule has 1 atom stereocenters. The van der Waals surface area contributed by atoms with Crippen LogP contribution < -0.4 is 15.8 Å². The largest absolute Gasteiger partial charge is 0.480 e. The van der Waals surface area contributed by atoms with E-state index in [9.17, 15) is 4.79 Å². The van der Waals surface area contributed by atoms with E-state index in [0.717, 1.165) is 24.4 Å². The zero-order valence-electron chi connectivity index (χ0n) is 12.9. The lowest BCUT2D eigenvalue weighted by atomic mass is 10.1. The lowest BCUT2D eigenvalue weighted by molar-refractivity contribution is -0.124. The number of hydrogen-bond acceptors (Lipinski definition) is 3. The van der Waals surface area contributed by atoms with Gasteiger partial charge in [-0.1, -0.05) is 38.5 Å². The van der Waals surface area contributed by atoms with Crippen LogP contribution in [0.2, 0.25) is 0 Å². The molecule has 1 aromatic carbocycles. The Balaban J connectivity index is 2.81. The molecule has 1 unspecified atom stereocenters. The molecule has 4 nitrogen and oxygen atoms in total. The van der Waals surface area contributed by atoms with Crippen molar-refractivity contribution < 1.29 is 9.53 Å². The van der Waals surface area contributed by atoms with Crippen LogP contribution in [0.5, 0.6) is 5.75 Å². The Kier molecular flexibility index (Phi) is 6.52. The first-order valence-electron chi connectivity index (χ1n) is 7.20. The maximum absolute atomic E-state index is 11.3. The zero-order chi connectivity index (χ0) is 15.1. The van der Waals surface area contributed by atoms with Gasteiger partial charge in [-0.05, 0) is 31.9 Å². The second-order valence-electron chi connectivity index (χ2n) is 5.55. The maximum atomic E-state index is 11.3. The number of primary amides is 1. The van der Waals surface area contributed by atoms with Crippen molar-refractivity contribution in [1.29, 1.82) is 0 Å². The molecule has 0 radical (unpaired) electrons. The highest BCUT2D eigenvalue weighted by molar-refractivity contribution is 5.79. The summed E-state index contributed by atoms with van der Waals surface area (Å²) in [5, 5.41) is 3.39. The van der Waals surface area contributed by atoms with Gasteiger partial charge in [0.15, 0.2) is 6.10 Å². The van der Waals surface area contributed by atoms with Gasteiger partial charge < -0.3 is 15.8 Å². The molecule has 20 heavy (non-hydrogen) atoms. The highest BCUT2D eigenvalue weighted by atomic mass is 16.5. The van der Waals surface area contributed by atoms with E-state index in [4.69, 9.17) is 10.5 Å². The Bertz CT molecular complexity index is 444. The van der Waals surface area contributed by atoms with Crippen molar-refractivity contribution in [2.45, 2.75) is 46.8 Å². The molecule has 3 N–H and O–H groups in total. The SMILES string of the molecule is CCC(Oc1ccc(C)cc1CNCC(C)C)C(N)=O. The van der Waals surface area contributed by atoms with Crippen LogP contribution >= 0.6 is 0 Å². The van der Waals surface area contributed by atoms with E-state index in [2.05, 4.69) is 25.2 Å². The van der Waals surface area contributed by atoms with E-state index in [1.165, 1.54) is 5.56 Å². The topological polar surface area (TPSA) is 64.3 Å². The number of carbonyl (C=O) groups excluding carboxylic acids is 1. The Labute approximate surface area is 121 Å². The van der Waals surface area contributed by atoms with Gasteiger partial charge >= 0.3 is 0 Å². The first-order valence-corrected chi connectivity index (χ1v) is 7.20. The van der Waals surface area contributed by atoms with E-state index >= 15 is 0 Å². The van der Waals surface area contributed by atoms with Gasteiger partial charge in [-0.3, -0.25) is 4.79 Å². The minimum atomic E-state index is -0.568. The fourth-order valence-corrected chi connectivity index (χ4v) is 1.95. The van der Waals surface area contributed by atoms with Crippen molar-refractivity contribution in [2.24, 2.45) is 11.7 Å². The van der Waals surface area contributed by atoms with Gasteiger partial charge in [-0.25, -0.2) is 0 Å². The monoisotopic (exact) mass is 278 g/mol. The quantitative estimate of drug-likeness (QED) is 0.767. The molecule has 0 heterocycles. The molecule has 0 spiro atoms. The van der Waals surface area contributed by atoms with Crippen LogP contribution in [0, 0.1) is 12.8 Å². The van der Waals surface area contributed by atoms with Crippen LogP contribution in [-0.2, 0) is 11.3 Å². The summed E-state index contributed by atoms with van der Waals surface area (Å²) in [6, 6.07) is 5.97. The molecule has 0 saturated heterocycles. The number of nitrogens with two attached hydrogens (primary N) is 1. The maximum Gasteiger partial charge on any atom is 0.258 e. The van der Waals surface area contributed by atoms with Crippen LogP contribution in [0.4, 0.5) is 0 Å². The molecule has 0 aliphatic rings. The van der Waals surface area contributed by atoms with Crippen LogP contribution in [0.3, 0.4) is 0 Å². The molecule has 0 aliphatic heterocycles. The predicted molar refractivity (Wildman–Crippen MR) is 81.6 cm³/mol. The van der Waals surface area contributed by atoms with E-state index in [1.54, 1.807) is 0 Å². The van der Waals surface area contributed by atoms with Gasteiger partial charge in [0.2, 0.25) is 0 Å². The molecule has 1 rings (SSSR count). The zero-order valence-corrected chi connectivity index (χ0v) is 12.9. The van der Waals surface area contributed by atoms with Gasteiger partial charge in [0.25, 0.3) is 5.91 Å². The molecule has 0 aliphatic carbocycles. The summed E-state index contributed by atoms with van der Waals surface area (Å²) < 4.78 is 5.75. The molecule has 4 heteroatoms. The number of hydrogen-bond donors (Lipinski definition) is 2. The van der Waals surface area contributed by atoms with E-state index in [0.29, 0.717) is 12.3 Å². The Hall–Kier alpha value is -1.55. The number of ether oxygens (including phenoxy) is 1. The number of nitrogens with one attached hydrogen (secondary N) is 1. The number of aryl methyl sites for hydroxylation is 1. The summed E-state index contributed by atoms with van der Waals surface area (Å²) >= 11 is 0. The second-order valence-corrected chi connectivity index (χ2v) is 5.55. The summed E-state index contributed by atoms with van der Waals surface area (Å²) in [6.07, 6.45) is 0.00350. The predicted octanol–water partition coefficient (Wildman–Crippen LogP) is 2.38. The van der Waals surface area contributed by atoms with Crippen molar-refractivity contribution in [3.63, 3.8) is 0 Å². The number of rotatable bonds is 8. The second kappa shape index (κ2) is 7.90. The van der Waals surface area contributed by atoms with Crippen molar-refractivity contribution in [3.8, 4) is 5.75 Å². The van der Waals surface area contributed by atoms with E-state index in [-0.39, 0.29) is 0 Å². The van der Waals surface area contributed by atoms with Gasteiger partial charge in [0.1, 0.15) is 5.75 Å². The Morgan fingerprint density at radius 3 is 2.65 bits per heavy atom. The summed E-state index contributed by atoms with van der Waals surface area (Å²) in [6.45, 7) is 9.94. The first kappa shape index (κ1) is 16.5. The van der Waals surface area contributed by atoms with Crippen molar-refractivity contribution in [2.75, 3.05) is 6.54 Å². The smallest absolute Gasteiger partial charge is 0.258 e. The van der Waals surface area contributed by atoms with Crippen molar-refractivity contribution in [3.05, 3.63) is 29.3 Å². The van der Waals surface area contributed by atoms with Crippen LogP contribution in [-0.4, -0.2) is 18.6 Å². The van der Waals surface area contributed by atoms with Crippen LogP contribution in [0.15, 0.2) is 18.2 Å². The third-order valence-electron chi connectivity index (χ3n) is 3.04. The molecule has 0 aromatic heterocycles. The molecule has 0 fully saturated rings. The Morgan fingerprint density at radius 1 is 1.40 bits per heavy atom. The Morgan fingerprint density at radius 2 is 2.10 bits per heavy atom. The molecule has 112 valence electrons. The summed E-state index contributed by atoms with van der Waals surface area (Å²) in [5.41, 5.74) is 7.57. The van der Waals surface area contributed by atoms with Gasteiger partial charge in [0, 0.05) is 12.1 Å². The lowest BCUT2D eigenvalue weighted by Gasteiger charge is -2.18. The van der Waals surface area contributed by atoms with Gasteiger partial charge in [-0.2, -0.15) is 0 Å². The first-order chi connectivity index (χ1) is 9.43. The fourth-order valence-electron chi connectivity index (χ4n) is 1.95. The lowest BCUT2D eigenvalue weighted by Crippen LogP contribution is -2.33. The summed E-state index contributed by atoms with van der Waals surface area (Å²) in [5.74, 6) is 0.907. The molecule has 1 amide bonds. The summed E-state index contributed by atoms with van der Waals surface area (Å²) in [7, 11) is 0. The van der Waals surface area contributed by atoms with E-state index < -0.39 is 12.0 Å². The number of carbonyl (C=O) groups is 1. The highest BCUT2D eigenvalue weighted by Gasteiger charge is 2.16. The summed E-state index contributed by atoms with van der Waals surface area (Å²) in [4.78, 5) is 11.3. The average molecular weight is 278 g/mol. The van der Waals surface area contributed by atoms with Gasteiger partial charge in [-0.15, -0.1) is 0 Å². The van der Waals surface area contributed by atoms with Crippen molar-refractivity contribution in [1.82, 2.24) is 5.32 Å². The fraction of sp³-hybridized carbons (Fsp3) is 0.562. The molecule has 1 aromatic rings. The van der Waals surface area contributed by atoms with Crippen LogP contribution in [0.25, 0.3) is 0 Å². The average Bonchev–Trinajstić information content (AvgIpc) is 2.37. The number of benzene rings is 1. The normalized spacial score (nSPS) is 12.4. The standard InChI is InChI=1S/C16H26N2O2/c1-5-14(16(17)19)20-15-7-6-12(4)8-13(15)10-18-9-11(2)3/h6-8,11,14,18H,5,9-10H2,1-4H3,(H2,17,19). The molecule has 0 bridgehead atoms. The van der Waals surface area contributed by atoms with Crippen LogP contribution in [0.1, 0.15) is 38.3 Å². The third-order valence-corrected chi connectivity index (χ3v) is 3.04. The third kappa shape index (κ3) is 5.21. The minimum Gasteiger partial charge on any atom is -0.480 e. The van der Waals surface area contributed by atoms with Crippen molar-refractivity contribution >= 4 is 5.91 Å². The number of amides is 1.